The number of H-pyrrole nitrogens is 1. The summed E-state index contributed by atoms with van der Waals surface area (Å²) in [6.07, 6.45) is 0. The molecule has 1 aromatic carbocycles. The van der Waals surface area contributed by atoms with Gasteiger partial charge in [-0.05, 0) is 24.6 Å². The van der Waals surface area contributed by atoms with Crippen molar-refractivity contribution in [3.05, 3.63) is 57.5 Å². The summed E-state index contributed by atoms with van der Waals surface area (Å²) in [7, 11) is 0.882. The van der Waals surface area contributed by atoms with Gasteiger partial charge in [-0.2, -0.15) is 0 Å². The van der Waals surface area contributed by atoms with Crippen LogP contribution in [-0.2, 0) is 23.6 Å². The number of rotatable bonds is 5. The lowest BCUT2D eigenvalue weighted by atomic mass is 10.1. The molecule has 0 saturated carbocycles. The Morgan fingerprint density at radius 1 is 1.29 bits per heavy atom. The second-order valence-corrected chi connectivity index (χ2v) is 8.71. The third-order valence-corrected chi connectivity index (χ3v) is 6.27. The van der Waals surface area contributed by atoms with Crippen LogP contribution in [-0.4, -0.2) is 47.5 Å². The molecule has 0 aliphatic rings. The summed E-state index contributed by atoms with van der Waals surface area (Å²) in [5.41, 5.74) is 1.20. The molecule has 0 spiro atoms. The van der Waals surface area contributed by atoms with E-state index in [1.165, 1.54) is 30.9 Å². The molecular formula is C18H21N5O4S. The molecule has 3 rings (SSSR count). The summed E-state index contributed by atoms with van der Waals surface area (Å²) in [6, 6.07) is 8.00. The van der Waals surface area contributed by atoms with Gasteiger partial charge in [0, 0.05) is 33.4 Å². The van der Waals surface area contributed by atoms with E-state index in [4.69, 9.17) is 0 Å². The molecule has 2 heterocycles. The molecule has 28 heavy (non-hydrogen) atoms. The van der Waals surface area contributed by atoms with E-state index in [0.717, 1.165) is 4.31 Å². The van der Waals surface area contributed by atoms with Crippen LogP contribution in [0.1, 0.15) is 21.6 Å². The average Bonchev–Trinajstić information content (AvgIpc) is 2.92. The molecule has 2 aromatic heterocycles. The van der Waals surface area contributed by atoms with Gasteiger partial charge in [0.25, 0.3) is 11.5 Å². The third-order valence-electron chi connectivity index (χ3n) is 4.36. The maximum absolute atomic E-state index is 12.8. The van der Waals surface area contributed by atoms with Crippen molar-refractivity contribution in [3.8, 4) is 0 Å². The molecule has 1 amide bonds. The molecule has 0 bridgehead atoms. The highest BCUT2D eigenvalue weighted by Gasteiger charge is 2.22. The number of hydrogen-bond donors (Lipinski definition) is 2. The summed E-state index contributed by atoms with van der Waals surface area (Å²) in [5, 5.41) is 5.49. The fourth-order valence-electron chi connectivity index (χ4n) is 2.93. The van der Waals surface area contributed by atoms with E-state index in [-0.39, 0.29) is 22.4 Å². The monoisotopic (exact) mass is 403 g/mol. The van der Waals surface area contributed by atoms with Crippen molar-refractivity contribution in [2.75, 3.05) is 14.1 Å². The van der Waals surface area contributed by atoms with Gasteiger partial charge in [0.1, 0.15) is 0 Å². The van der Waals surface area contributed by atoms with Crippen LogP contribution in [0.3, 0.4) is 0 Å². The first-order valence-electron chi connectivity index (χ1n) is 8.48. The van der Waals surface area contributed by atoms with Crippen molar-refractivity contribution < 1.29 is 13.2 Å². The second-order valence-electron chi connectivity index (χ2n) is 6.59. The summed E-state index contributed by atoms with van der Waals surface area (Å²) in [6.45, 7) is 1.72. The number of sulfonamides is 1. The number of aryl methyl sites for hydroxylation is 2. The lowest BCUT2D eigenvalue weighted by Crippen LogP contribution is -2.27. The van der Waals surface area contributed by atoms with Gasteiger partial charge in [0.05, 0.1) is 15.8 Å². The number of amides is 1. The number of nitrogens with zero attached hydrogens (tertiary/aromatic N) is 3. The van der Waals surface area contributed by atoms with Crippen LogP contribution in [0.15, 0.2) is 40.0 Å². The molecule has 0 fully saturated rings. The Balaban J connectivity index is 1.95. The molecule has 0 atom stereocenters. The van der Waals surface area contributed by atoms with Gasteiger partial charge in [0.15, 0.2) is 5.65 Å². The molecular weight excluding hydrogens is 382 g/mol. The van der Waals surface area contributed by atoms with Crippen LogP contribution in [0.2, 0.25) is 0 Å². The molecule has 0 aliphatic heterocycles. The molecule has 10 heteroatoms. The Bertz CT molecular complexity index is 1220. The van der Waals surface area contributed by atoms with Gasteiger partial charge in [-0.15, -0.1) is 0 Å². The molecule has 2 N–H and O–H groups in total. The van der Waals surface area contributed by atoms with Crippen molar-refractivity contribution >= 4 is 27.0 Å². The fraction of sp³-hybridized carbons (Fsp3) is 0.278. The van der Waals surface area contributed by atoms with Crippen molar-refractivity contribution in [1.82, 2.24) is 24.4 Å². The Kier molecular flexibility index (Phi) is 5.09. The van der Waals surface area contributed by atoms with Crippen LogP contribution in [0.25, 0.3) is 11.0 Å². The maximum atomic E-state index is 12.8. The van der Waals surface area contributed by atoms with Crippen molar-refractivity contribution in [3.63, 3.8) is 0 Å². The molecule has 0 unspecified atom stereocenters. The van der Waals surface area contributed by atoms with Gasteiger partial charge in [-0.3, -0.25) is 19.4 Å². The average molecular weight is 403 g/mol. The molecule has 9 nitrogen and oxygen atoms in total. The van der Waals surface area contributed by atoms with E-state index in [2.05, 4.69) is 15.4 Å². The topological polar surface area (TPSA) is 117 Å². The highest BCUT2D eigenvalue weighted by Crippen LogP contribution is 2.19. The molecule has 0 aliphatic carbocycles. The van der Waals surface area contributed by atoms with Crippen LogP contribution in [0.4, 0.5) is 0 Å². The number of aromatic nitrogens is 3. The van der Waals surface area contributed by atoms with Crippen molar-refractivity contribution in [1.29, 1.82) is 0 Å². The maximum Gasteiger partial charge on any atom is 0.274 e. The number of pyridine rings is 1. The van der Waals surface area contributed by atoms with Crippen LogP contribution in [0, 0.1) is 6.92 Å². The van der Waals surface area contributed by atoms with E-state index in [1.807, 2.05) is 0 Å². The number of carbonyl (C=O) groups is 1. The van der Waals surface area contributed by atoms with Gasteiger partial charge in [0.2, 0.25) is 10.0 Å². The largest absolute Gasteiger partial charge is 0.348 e. The lowest BCUT2D eigenvalue weighted by molar-refractivity contribution is 0.0952. The second kappa shape index (κ2) is 7.21. The first kappa shape index (κ1) is 19.8. The van der Waals surface area contributed by atoms with Crippen LogP contribution >= 0.6 is 0 Å². The minimum Gasteiger partial charge on any atom is -0.348 e. The molecule has 148 valence electrons. The van der Waals surface area contributed by atoms with Crippen LogP contribution in [0.5, 0.6) is 0 Å². The molecule has 0 radical (unpaired) electrons. The number of fused-ring (bicyclic) bond motifs is 1. The predicted molar refractivity (Wildman–Crippen MR) is 105 cm³/mol. The summed E-state index contributed by atoms with van der Waals surface area (Å²) in [5.74, 6) is -0.482. The highest BCUT2D eigenvalue weighted by atomic mass is 32.2. The third kappa shape index (κ3) is 3.43. The van der Waals surface area contributed by atoms with E-state index in [1.54, 1.807) is 32.2 Å². The van der Waals surface area contributed by atoms with Crippen LogP contribution < -0.4 is 10.9 Å². The zero-order valence-electron chi connectivity index (χ0n) is 16.0. The first-order valence-corrected chi connectivity index (χ1v) is 9.92. The SMILES string of the molecule is Cc1cc(C(=O)NCc2ccccc2S(=O)(=O)N(C)C)c2c(=O)[nH]n(C)c2n1. The standard InChI is InChI=1S/C18H21N5O4S/c1-11-9-13(15-16(20-11)23(4)21-18(15)25)17(24)19-10-12-7-5-6-8-14(12)28(26,27)22(2)3/h5-9H,10H2,1-4H3,(H,19,24)(H,21,25). The summed E-state index contributed by atoms with van der Waals surface area (Å²) < 4.78 is 27.6. The normalized spacial score (nSPS) is 11.9. The van der Waals surface area contributed by atoms with E-state index >= 15 is 0 Å². The Morgan fingerprint density at radius 2 is 1.96 bits per heavy atom. The summed E-state index contributed by atoms with van der Waals surface area (Å²) in [4.78, 5) is 29.4. The van der Waals surface area contributed by atoms with Gasteiger partial charge in [-0.1, -0.05) is 18.2 Å². The van der Waals surface area contributed by atoms with Gasteiger partial charge < -0.3 is 5.32 Å². The Morgan fingerprint density at radius 3 is 2.64 bits per heavy atom. The highest BCUT2D eigenvalue weighted by molar-refractivity contribution is 7.89. The number of hydrogen-bond acceptors (Lipinski definition) is 5. The minimum atomic E-state index is -3.65. The number of aromatic amines is 1. The summed E-state index contributed by atoms with van der Waals surface area (Å²) >= 11 is 0. The van der Waals surface area contributed by atoms with Crippen molar-refractivity contribution in [2.45, 2.75) is 18.4 Å². The Hall–Kier alpha value is -2.98. The fourth-order valence-corrected chi connectivity index (χ4v) is 4.05. The van der Waals surface area contributed by atoms with E-state index in [0.29, 0.717) is 16.9 Å². The number of nitrogens with one attached hydrogen (secondary N) is 2. The van der Waals surface area contributed by atoms with Gasteiger partial charge >= 0.3 is 0 Å². The predicted octanol–water partition coefficient (Wildman–Crippen LogP) is 0.750. The quantitative estimate of drug-likeness (QED) is 0.652. The van der Waals surface area contributed by atoms with E-state index < -0.39 is 21.5 Å². The lowest BCUT2D eigenvalue weighted by Gasteiger charge is -2.15. The molecule has 3 aromatic rings. The van der Waals surface area contributed by atoms with Crippen molar-refractivity contribution in [2.24, 2.45) is 7.05 Å². The minimum absolute atomic E-state index is 0.00429. The van der Waals surface area contributed by atoms with E-state index in [9.17, 15) is 18.0 Å². The zero-order chi connectivity index (χ0) is 20.6. The number of benzene rings is 1. The smallest absolute Gasteiger partial charge is 0.274 e. The first-order chi connectivity index (χ1) is 13.1. The number of carbonyl (C=O) groups excluding carboxylic acids is 1. The molecule has 0 saturated heterocycles. The Labute approximate surface area is 162 Å². The zero-order valence-corrected chi connectivity index (χ0v) is 16.8. The van der Waals surface area contributed by atoms with Gasteiger partial charge in [-0.25, -0.2) is 17.7 Å².